The van der Waals surface area contributed by atoms with E-state index >= 15 is 0 Å². The first-order valence-corrected chi connectivity index (χ1v) is 5.16. The predicted octanol–water partition coefficient (Wildman–Crippen LogP) is 0.955. The lowest BCUT2D eigenvalue weighted by molar-refractivity contribution is 0.441. The fraction of sp³-hybridized carbons (Fsp3) is 0.700. The molecule has 1 fully saturated rings. The first-order chi connectivity index (χ1) is 6.77. The van der Waals surface area contributed by atoms with Crippen LogP contribution in [0.2, 0.25) is 0 Å². The lowest BCUT2D eigenvalue weighted by Gasteiger charge is -2.21. The second-order valence-electron chi connectivity index (χ2n) is 3.88. The molecule has 2 heterocycles. The zero-order valence-corrected chi connectivity index (χ0v) is 8.75. The molecule has 1 atom stereocenters. The molecule has 0 saturated carbocycles. The molecule has 1 unspecified atom stereocenters. The number of hydrogen-bond donors (Lipinski definition) is 1. The van der Waals surface area contributed by atoms with E-state index in [0.717, 1.165) is 30.3 Å². The van der Waals surface area contributed by atoms with E-state index in [-0.39, 0.29) is 0 Å². The molecule has 76 valence electrons. The summed E-state index contributed by atoms with van der Waals surface area (Å²) in [5.41, 5.74) is 1.93. The third-order valence-electron chi connectivity index (χ3n) is 2.77. The van der Waals surface area contributed by atoms with Gasteiger partial charge in [-0.3, -0.25) is 0 Å². The van der Waals surface area contributed by atoms with Gasteiger partial charge in [0.15, 0.2) is 5.82 Å². The second kappa shape index (κ2) is 4.00. The van der Waals surface area contributed by atoms with E-state index in [9.17, 15) is 0 Å². The van der Waals surface area contributed by atoms with Gasteiger partial charge < -0.3 is 5.32 Å². The van der Waals surface area contributed by atoms with Crippen LogP contribution < -0.4 is 5.32 Å². The molecule has 0 bridgehead atoms. The summed E-state index contributed by atoms with van der Waals surface area (Å²) in [6.45, 7) is 6.04. The van der Waals surface area contributed by atoms with Crippen LogP contribution in [-0.4, -0.2) is 28.3 Å². The standard InChI is InChI=1S/C10H16N4/c1-7-8(2)13-14-10(12-7)9-4-3-5-11-6-9/h9,11H,3-6H2,1-2H3. The molecular formula is C10H16N4. The quantitative estimate of drug-likeness (QED) is 0.720. The van der Waals surface area contributed by atoms with Crippen LogP contribution >= 0.6 is 0 Å². The average Bonchev–Trinajstić information content (AvgIpc) is 2.23. The summed E-state index contributed by atoms with van der Waals surface area (Å²) in [4.78, 5) is 4.48. The summed E-state index contributed by atoms with van der Waals surface area (Å²) >= 11 is 0. The molecule has 1 N–H and O–H groups in total. The van der Waals surface area contributed by atoms with Gasteiger partial charge in [0.05, 0.1) is 11.4 Å². The molecular weight excluding hydrogens is 176 g/mol. The smallest absolute Gasteiger partial charge is 0.155 e. The van der Waals surface area contributed by atoms with Gasteiger partial charge in [-0.1, -0.05) is 0 Å². The Morgan fingerprint density at radius 2 is 2.07 bits per heavy atom. The SMILES string of the molecule is Cc1nnc(C2CCCNC2)nc1C. The Kier molecular flexibility index (Phi) is 2.72. The molecule has 0 radical (unpaired) electrons. The Labute approximate surface area is 84.2 Å². The largest absolute Gasteiger partial charge is 0.316 e. The lowest BCUT2D eigenvalue weighted by Crippen LogP contribution is -2.29. The van der Waals surface area contributed by atoms with E-state index in [1.807, 2.05) is 13.8 Å². The van der Waals surface area contributed by atoms with E-state index in [1.165, 1.54) is 12.8 Å². The highest BCUT2D eigenvalue weighted by Crippen LogP contribution is 2.19. The summed E-state index contributed by atoms with van der Waals surface area (Å²) in [6, 6.07) is 0. The van der Waals surface area contributed by atoms with Gasteiger partial charge in [-0.25, -0.2) is 4.98 Å². The summed E-state index contributed by atoms with van der Waals surface area (Å²) < 4.78 is 0. The fourth-order valence-corrected chi connectivity index (χ4v) is 1.72. The number of hydrogen-bond acceptors (Lipinski definition) is 4. The molecule has 1 aliphatic heterocycles. The van der Waals surface area contributed by atoms with Crippen molar-refractivity contribution in [2.45, 2.75) is 32.6 Å². The fourth-order valence-electron chi connectivity index (χ4n) is 1.72. The van der Waals surface area contributed by atoms with Crippen molar-refractivity contribution in [1.29, 1.82) is 0 Å². The first kappa shape index (κ1) is 9.52. The molecule has 0 aromatic carbocycles. The molecule has 4 nitrogen and oxygen atoms in total. The van der Waals surface area contributed by atoms with Gasteiger partial charge in [-0.05, 0) is 33.2 Å². The molecule has 1 saturated heterocycles. The van der Waals surface area contributed by atoms with Crippen molar-refractivity contribution in [3.8, 4) is 0 Å². The highest BCUT2D eigenvalue weighted by molar-refractivity contribution is 5.08. The van der Waals surface area contributed by atoms with Gasteiger partial charge in [0, 0.05) is 12.5 Å². The monoisotopic (exact) mass is 192 g/mol. The summed E-state index contributed by atoms with van der Waals surface area (Å²) in [7, 11) is 0. The highest BCUT2D eigenvalue weighted by Gasteiger charge is 2.18. The maximum absolute atomic E-state index is 4.48. The van der Waals surface area contributed by atoms with Gasteiger partial charge in [0.2, 0.25) is 0 Å². The molecule has 0 spiro atoms. The average molecular weight is 192 g/mol. The van der Waals surface area contributed by atoms with Gasteiger partial charge in [0.25, 0.3) is 0 Å². The Hall–Kier alpha value is -1.03. The zero-order valence-electron chi connectivity index (χ0n) is 8.75. The minimum atomic E-state index is 0.454. The number of piperidine rings is 1. The van der Waals surface area contributed by atoms with Crippen LogP contribution in [0.1, 0.15) is 36.0 Å². The lowest BCUT2D eigenvalue weighted by atomic mass is 9.99. The number of nitrogens with zero attached hydrogens (tertiary/aromatic N) is 3. The van der Waals surface area contributed by atoms with Crippen LogP contribution in [0.3, 0.4) is 0 Å². The molecule has 1 aliphatic rings. The molecule has 0 amide bonds. The van der Waals surface area contributed by atoms with Crippen LogP contribution in [0, 0.1) is 13.8 Å². The van der Waals surface area contributed by atoms with Crippen LogP contribution in [-0.2, 0) is 0 Å². The van der Waals surface area contributed by atoms with Crippen molar-refractivity contribution >= 4 is 0 Å². The number of aromatic nitrogens is 3. The van der Waals surface area contributed by atoms with Crippen LogP contribution in [0.25, 0.3) is 0 Å². The number of nitrogens with one attached hydrogen (secondary N) is 1. The maximum atomic E-state index is 4.48. The number of aryl methyl sites for hydroxylation is 2. The molecule has 1 aromatic heterocycles. The van der Waals surface area contributed by atoms with E-state index in [2.05, 4.69) is 20.5 Å². The van der Waals surface area contributed by atoms with E-state index in [4.69, 9.17) is 0 Å². The Morgan fingerprint density at radius 1 is 1.21 bits per heavy atom. The Morgan fingerprint density at radius 3 is 2.71 bits per heavy atom. The molecule has 1 aromatic rings. The maximum Gasteiger partial charge on any atom is 0.155 e. The highest BCUT2D eigenvalue weighted by atomic mass is 15.2. The van der Waals surface area contributed by atoms with Crippen molar-refractivity contribution in [3.05, 3.63) is 17.2 Å². The Bertz CT molecular complexity index is 318. The van der Waals surface area contributed by atoms with Crippen molar-refractivity contribution in [3.63, 3.8) is 0 Å². The molecule has 14 heavy (non-hydrogen) atoms. The van der Waals surface area contributed by atoms with Crippen molar-refractivity contribution < 1.29 is 0 Å². The van der Waals surface area contributed by atoms with Gasteiger partial charge in [0.1, 0.15) is 0 Å². The summed E-state index contributed by atoms with van der Waals surface area (Å²) in [6.07, 6.45) is 2.39. The summed E-state index contributed by atoms with van der Waals surface area (Å²) in [5.74, 6) is 1.36. The van der Waals surface area contributed by atoms with Crippen LogP contribution in [0.15, 0.2) is 0 Å². The topological polar surface area (TPSA) is 50.7 Å². The molecule has 4 heteroatoms. The third-order valence-corrected chi connectivity index (χ3v) is 2.77. The normalized spacial score (nSPS) is 22.3. The second-order valence-corrected chi connectivity index (χ2v) is 3.88. The summed E-state index contributed by atoms with van der Waals surface area (Å²) in [5, 5.41) is 11.6. The van der Waals surface area contributed by atoms with E-state index < -0.39 is 0 Å². The Balaban J connectivity index is 2.18. The minimum Gasteiger partial charge on any atom is -0.316 e. The van der Waals surface area contributed by atoms with Gasteiger partial charge in [-0.2, -0.15) is 5.10 Å². The number of rotatable bonds is 1. The van der Waals surface area contributed by atoms with E-state index in [0.29, 0.717) is 5.92 Å². The van der Waals surface area contributed by atoms with Crippen LogP contribution in [0.5, 0.6) is 0 Å². The first-order valence-electron chi connectivity index (χ1n) is 5.16. The van der Waals surface area contributed by atoms with Gasteiger partial charge in [-0.15, -0.1) is 5.10 Å². The van der Waals surface area contributed by atoms with Crippen molar-refractivity contribution in [2.24, 2.45) is 0 Å². The zero-order chi connectivity index (χ0) is 9.97. The van der Waals surface area contributed by atoms with Crippen molar-refractivity contribution in [2.75, 3.05) is 13.1 Å². The van der Waals surface area contributed by atoms with Crippen LogP contribution in [0.4, 0.5) is 0 Å². The third kappa shape index (κ3) is 1.90. The molecule has 0 aliphatic carbocycles. The van der Waals surface area contributed by atoms with E-state index in [1.54, 1.807) is 0 Å². The molecule has 2 rings (SSSR count). The van der Waals surface area contributed by atoms with Gasteiger partial charge >= 0.3 is 0 Å². The minimum absolute atomic E-state index is 0.454. The van der Waals surface area contributed by atoms with Crippen molar-refractivity contribution in [1.82, 2.24) is 20.5 Å². The predicted molar refractivity (Wildman–Crippen MR) is 54.1 cm³/mol.